The number of carbonyl (C=O) groups is 2. The Labute approximate surface area is 150 Å². The van der Waals surface area contributed by atoms with Gasteiger partial charge in [0.1, 0.15) is 0 Å². The van der Waals surface area contributed by atoms with E-state index in [1.54, 1.807) is 0 Å². The molecule has 1 aliphatic heterocycles. The molecule has 0 saturated carbocycles. The van der Waals surface area contributed by atoms with Crippen LogP contribution in [0.25, 0.3) is 0 Å². The van der Waals surface area contributed by atoms with E-state index >= 15 is 0 Å². The smallest absolute Gasteiger partial charge is 0.361 e. The molecule has 1 heterocycles. The number of nitrogens with zero attached hydrogens (tertiary/aromatic N) is 1. The number of anilines is 1. The summed E-state index contributed by atoms with van der Waals surface area (Å²) in [5.41, 5.74) is 3.02. The van der Waals surface area contributed by atoms with Crippen molar-refractivity contribution in [3.8, 4) is 0 Å². The first kappa shape index (κ1) is 19.4. The normalized spacial score (nSPS) is 23.1. The minimum atomic E-state index is -0.236. The van der Waals surface area contributed by atoms with Gasteiger partial charge in [0.25, 0.3) is 5.91 Å². The molecule has 138 valence electrons. The molecule has 0 radical (unpaired) electrons. The van der Waals surface area contributed by atoms with E-state index in [9.17, 15) is 9.59 Å². The van der Waals surface area contributed by atoms with Crippen molar-refractivity contribution in [2.75, 3.05) is 32.1 Å². The Morgan fingerprint density at radius 3 is 2.52 bits per heavy atom. The van der Waals surface area contributed by atoms with Crippen LogP contribution in [0.4, 0.5) is 5.69 Å². The zero-order chi connectivity index (χ0) is 18.4. The number of hydrogen-bond acceptors (Lipinski definition) is 3. The molecule has 1 aromatic carbocycles. The summed E-state index contributed by atoms with van der Waals surface area (Å²) >= 11 is 0. The van der Waals surface area contributed by atoms with E-state index in [4.69, 9.17) is 4.74 Å². The Morgan fingerprint density at radius 2 is 1.92 bits per heavy atom. The van der Waals surface area contributed by atoms with Crippen molar-refractivity contribution in [3.63, 3.8) is 0 Å². The summed E-state index contributed by atoms with van der Waals surface area (Å²) in [6.07, 6.45) is 3.82. The van der Waals surface area contributed by atoms with Crippen LogP contribution in [-0.4, -0.2) is 49.1 Å². The first-order valence-electron chi connectivity index (χ1n) is 9.23. The number of ether oxygens (including phenoxy) is 1. The maximum atomic E-state index is 13.2. The third-order valence-electron chi connectivity index (χ3n) is 5.36. The lowest BCUT2D eigenvalue weighted by atomic mass is 9.96. The molecule has 2 unspecified atom stereocenters. The second-order valence-corrected chi connectivity index (χ2v) is 7.17. The van der Waals surface area contributed by atoms with Crippen molar-refractivity contribution >= 4 is 17.6 Å². The molecule has 0 aliphatic carbocycles. The van der Waals surface area contributed by atoms with Gasteiger partial charge in [0.2, 0.25) is 0 Å². The van der Waals surface area contributed by atoms with Crippen molar-refractivity contribution in [3.05, 3.63) is 29.3 Å². The van der Waals surface area contributed by atoms with Gasteiger partial charge in [0.05, 0.1) is 20.2 Å². The van der Waals surface area contributed by atoms with Crippen molar-refractivity contribution < 1.29 is 18.8 Å². The Hall–Kier alpha value is -1.88. The van der Waals surface area contributed by atoms with Gasteiger partial charge in [0, 0.05) is 12.1 Å². The molecule has 1 fully saturated rings. The average molecular weight is 347 g/mol. The third-order valence-corrected chi connectivity index (χ3v) is 5.36. The van der Waals surface area contributed by atoms with Gasteiger partial charge in [0.15, 0.2) is 12.6 Å². The molecule has 0 spiro atoms. The maximum absolute atomic E-state index is 13.2. The first-order chi connectivity index (χ1) is 11.9. The fourth-order valence-electron chi connectivity index (χ4n) is 4.09. The number of rotatable bonds is 6. The molecule has 1 aromatic rings. The largest absolute Gasteiger partial charge is 0.465 e. The second-order valence-electron chi connectivity index (χ2n) is 7.17. The molecule has 0 bridgehead atoms. The van der Waals surface area contributed by atoms with E-state index in [1.165, 1.54) is 7.11 Å². The Bertz CT molecular complexity index is 605. The quantitative estimate of drug-likeness (QED) is 0.635. The number of carbonyl (C=O) groups excluding carboxylic acids is 2. The van der Waals surface area contributed by atoms with E-state index < -0.39 is 0 Å². The summed E-state index contributed by atoms with van der Waals surface area (Å²) in [6, 6.07) is 5.81. The third kappa shape index (κ3) is 4.40. The monoisotopic (exact) mass is 347 g/mol. The zero-order valence-corrected chi connectivity index (χ0v) is 15.9. The zero-order valence-electron chi connectivity index (χ0n) is 15.9. The summed E-state index contributed by atoms with van der Waals surface area (Å²) in [5, 5.41) is 3.15. The Morgan fingerprint density at radius 1 is 1.24 bits per heavy atom. The molecule has 5 nitrogen and oxygen atoms in total. The summed E-state index contributed by atoms with van der Waals surface area (Å²) in [6.45, 7) is 8.06. The number of amides is 1. The number of benzene rings is 1. The molecule has 2 rings (SSSR count). The van der Waals surface area contributed by atoms with E-state index in [2.05, 4.69) is 12.2 Å². The lowest BCUT2D eigenvalue weighted by Crippen LogP contribution is -2.64. The van der Waals surface area contributed by atoms with Crippen LogP contribution in [0.5, 0.6) is 0 Å². The number of esters is 1. The van der Waals surface area contributed by atoms with Gasteiger partial charge in [-0.1, -0.05) is 25.1 Å². The van der Waals surface area contributed by atoms with Gasteiger partial charge in [-0.3, -0.25) is 4.79 Å². The number of likely N-dealkylation sites (tertiary alicyclic amines) is 1. The topological polar surface area (TPSA) is 55.4 Å². The summed E-state index contributed by atoms with van der Waals surface area (Å²) < 4.78 is 5.44. The maximum Gasteiger partial charge on any atom is 0.361 e. The lowest BCUT2D eigenvalue weighted by molar-refractivity contribution is -0.940. The Balaban J connectivity index is 2.28. The molecule has 2 atom stereocenters. The highest BCUT2D eigenvalue weighted by molar-refractivity contribution is 5.95. The molecule has 5 heteroatoms. The first-order valence-corrected chi connectivity index (χ1v) is 9.23. The van der Waals surface area contributed by atoms with Crippen LogP contribution < -0.4 is 5.32 Å². The standard InChI is InChI=1S/C20H30N2O3/c1-5-12-22(14-18(23)25-4)13-7-6-11-17(22)20(24)21-19-15(2)9-8-10-16(19)3/h8-10,17H,5-7,11-14H2,1-4H3/p+1. The molecule has 1 N–H and O–H groups in total. The number of quaternary nitrogens is 1. The van der Waals surface area contributed by atoms with Crippen molar-refractivity contribution in [1.82, 2.24) is 0 Å². The van der Waals surface area contributed by atoms with Crippen LogP contribution >= 0.6 is 0 Å². The van der Waals surface area contributed by atoms with E-state index in [0.717, 1.165) is 55.6 Å². The highest BCUT2D eigenvalue weighted by Crippen LogP contribution is 2.29. The molecule has 25 heavy (non-hydrogen) atoms. The minimum absolute atomic E-state index is 0.0226. The molecule has 0 aromatic heterocycles. The molecule has 1 aliphatic rings. The summed E-state index contributed by atoms with van der Waals surface area (Å²) in [7, 11) is 1.42. The van der Waals surface area contributed by atoms with Crippen LogP contribution in [0.1, 0.15) is 43.7 Å². The second kappa shape index (κ2) is 8.48. The molecular weight excluding hydrogens is 316 g/mol. The predicted molar refractivity (Wildman–Crippen MR) is 99.4 cm³/mol. The Kier molecular flexibility index (Phi) is 6.59. The van der Waals surface area contributed by atoms with Gasteiger partial charge < -0.3 is 14.5 Å². The highest BCUT2D eigenvalue weighted by Gasteiger charge is 2.45. The SMILES string of the molecule is CCC[N+]1(CC(=O)OC)CCCCC1C(=O)Nc1c(C)cccc1C. The number of nitrogens with one attached hydrogen (secondary N) is 1. The van der Waals surface area contributed by atoms with E-state index in [1.807, 2.05) is 32.0 Å². The average Bonchev–Trinajstić information content (AvgIpc) is 2.58. The summed E-state index contributed by atoms with van der Waals surface area (Å²) in [4.78, 5) is 25.2. The lowest BCUT2D eigenvalue weighted by Gasteiger charge is -2.46. The molecular formula is C20H31N2O3+. The number of para-hydroxylation sites is 1. The van der Waals surface area contributed by atoms with Gasteiger partial charge >= 0.3 is 5.97 Å². The van der Waals surface area contributed by atoms with Gasteiger partial charge in [-0.15, -0.1) is 0 Å². The van der Waals surface area contributed by atoms with E-state index in [-0.39, 0.29) is 24.5 Å². The van der Waals surface area contributed by atoms with Gasteiger partial charge in [-0.05, 0) is 44.2 Å². The van der Waals surface area contributed by atoms with Gasteiger partial charge in [-0.25, -0.2) is 4.79 Å². The number of hydrogen-bond donors (Lipinski definition) is 1. The van der Waals surface area contributed by atoms with Gasteiger partial charge in [-0.2, -0.15) is 0 Å². The van der Waals surface area contributed by atoms with Crippen molar-refractivity contribution in [2.24, 2.45) is 0 Å². The predicted octanol–water partition coefficient (Wildman–Crippen LogP) is 3.19. The van der Waals surface area contributed by atoms with Crippen LogP contribution in [0.2, 0.25) is 0 Å². The highest BCUT2D eigenvalue weighted by atomic mass is 16.5. The summed E-state index contributed by atoms with van der Waals surface area (Å²) in [5.74, 6) is -0.213. The van der Waals surface area contributed by atoms with Crippen molar-refractivity contribution in [1.29, 1.82) is 0 Å². The van der Waals surface area contributed by atoms with Crippen LogP contribution in [0.3, 0.4) is 0 Å². The molecule has 1 saturated heterocycles. The number of aryl methyl sites for hydroxylation is 2. The van der Waals surface area contributed by atoms with Crippen molar-refractivity contribution in [2.45, 2.75) is 52.5 Å². The van der Waals surface area contributed by atoms with Crippen LogP contribution in [0.15, 0.2) is 18.2 Å². The van der Waals surface area contributed by atoms with E-state index in [0.29, 0.717) is 4.48 Å². The van der Waals surface area contributed by atoms with Crippen LogP contribution in [0, 0.1) is 13.8 Å². The van der Waals surface area contributed by atoms with Crippen LogP contribution in [-0.2, 0) is 14.3 Å². The number of methoxy groups -OCH3 is 1. The molecule has 1 amide bonds. The number of piperidine rings is 1. The fraction of sp³-hybridized carbons (Fsp3) is 0.600. The fourth-order valence-corrected chi connectivity index (χ4v) is 4.09. The minimum Gasteiger partial charge on any atom is -0.465 e.